The molecular formula is C15H31O4P. The van der Waals surface area contributed by atoms with Gasteiger partial charge in [-0.3, -0.25) is 9.05 Å². The van der Waals surface area contributed by atoms with Gasteiger partial charge in [0.1, 0.15) is 0 Å². The molecule has 120 valence electrons. The second-order valence-electron chi connectivity index (χ2n) is 6.07. The molecule has 1 saturated heterocycles. The van der Waals surface area contributed by atoms with Gasteiger partial charge >= 0.3 is 7.82 Å². The molecule has 4 nitrogen and oxygen atoms in total. The molecule has 0 aromatic rings. The summed E-state index contributed by atoms with van der Waals surface area (Å²) >= 11 is 0. The van der Waals surface area contributed by atoms with Gasteiger partial charge in [-0.05, 0) is 26.7 Å². The fourth-order valence-corrected chi connectivity index (χ4v) is 4.63. The van der Waals surface area contributed by atoms with Gasteiger partial charge < -0.3 is 4.89 Å². The van der Waals surface area contributed by atoms with E-state index in [9.17, 15) is 9.46 Å². The van der Waals surface area contributed by atoms with Crippen molar-refractivity contribution >= 4 is 7.82 Å². The lowest BCUT2D eigenvalue weighted by Gasteiger charge is -2.47. The number of hydrogen-bond acceptors (Lipinski definition) is 3. The quantitative estimate of drug-likeness (QED) is 0.503. The molecule has 0 aromatic carbocycles. The Labute approximate surface area is 123 Å². The van der Waals surface area contributed by atoms with E-state index in [0.717, 1.165) is 19.3 Å². The molecule has 20 heavy (non-hydrogen) atoms. The highest BCUT2D eigenvalue weighted by Crippen LogP contribution is 2.58. The molecule has 0 amide bonds. The summed E-state index contributed by atoms with van der Waals surface area (Å²) in [7, 11) is -3.85. The molecule has 1 aliphatic heterocycles. The lowest BCUT2D eigenvalue weighted by atomic mass is 9.72. The zero-order chi connectivity index (χ0) is 15.2. The first kappa shape index (κ1) is 18.2. The van der Waals surface area contributed by atoms with Gasteiger partial charge in [-0.1, -0.05) is 52.4 Å². The van der Waals surface area contributed by atoms with Gasteiger partial charge in [-0.2, -0.15) is 0 Å². The number of phosphoric acid groups is 1. The first-order valence-electron chi connectivity index (χ1n) is 8.07. The highest BCUT2D eigenvalue weighted by Gasteiger charge is 2.50. The summed E-state index contributed by atoms with van der Waals surface area (Å²) in [6, 6.07) is 0. The Morgan fingerprint density at radius 2 is 1.50 bits per heavy atom. The Hall–Kier alpha value is 0.110. The number of rotatable bonds is 8. The minimum Gasteiger partial charge on any atom is -0.302 e. The van der Waals surface area contributed by atoms with Crippen molar-refractivity contribution in [2.75, 3.05) is 0 Å². The maximum Gasteiger partial charge on any atom is 0.472 e. The second kappa shape index (κ2) is 7.93. The molecule has 1 rings (SSSR count). The molecule has 1 fully saturated rings. The Kier molecular flexibility index (Phi) is 7.20. The third-order valence-corrected chi connectivity index (χ3v) is 6.02. The van der Waals surface area contributed by atoms with Crippen LogP contribution in [0.3, 0.4) is 0 Å². The van der Waals surface area contributed by atoms with Crippen LogP contribution in [0.15, 0.2) is 0 Å². The molecule has 1 aliphatic rings. The summed E-state index contributed by atoms with van der Waals surface area (Å²) < 4.78 is 22.1. The van der Waals surface area contributed by atoms with Crippen LogP contribution in [0.5, 0.6) is 0 Å². The van der Waals surface area contributed by atoms with Crippen LogP contribution in [0, 0.1) is 5.41 Å². The minimum atomic E-state index is -3.85. The van der Waals surface area contributed by atoms with E-state index in [1.807, 2.05) is 13.8 Å². The lowest BCUT2D eigenvalue weighted by molar-refractivity contribution is -0.106. The van der Waals surface area contributed by atoms with Crippen molar-refractivity contribution in [2.24, 2.45) is 5.41 Å². The molecule has 0 radical (unpaired) electrons. The summed E-state index contributed by atoms with van der Waals surface area (Å²) in [6.45, 7) is 8.15. The number of unbranched alkanes of at least 4 members (excludes halogenated alkanes) is 5. The lowest BCUT2D eigenvalue weighted by Crippen LogP contribution is -2.47. The van der Waals surface area contributed by atoms with Crippen molar-refractivity contribution in [2.45, 2.75) is 91.3 Å². The predicted molar refractivity (Wildman–Crippen MR) is 81.6 cm³/mol. The normalized spacial score (nSPS) is 38.0. The van der Waals surface area contributed by atoms with Crippen LogP contribution >= 0.6 is 7.82 Å². The molecule has 5 heteroatoms. The third-order valence-electron chi connectivity index (χ3n) is 4.86. The Balaban J connectivity index is 2.51. The van der Waals surface area contributed by atoms with E-state index >= 15 is 0 Å². The summed E-state index contributed by atoms with van der Waals surface area (Å²) in [4.78, 5) is 9.52. The van der Waals surface area contributed by atoms with Crippen molar-refractivity contribution in [1.82, 2.24) is 0 Å². The maximum atomic E-state index is 11.6. The fraction of sp³-hybridized carbons (Fsp3) is 1.00. The van der Waals surface area contributed by atoms with E-state index in [-0.39, 0.29) is 17.6 Å². The smallest absolute Gasteiger partial charge is 0.302 e. The summed E-state index contributed by atoms with van der Waals surface area (Å²) in [5.41, 5.74) is -0.138. The second-order valence-corrected chi connectivity index (χ2v) is 7.43. The Morgan fingerprint density at radius 3 is 2.00 bits per heavy atom. The summed E-state index contributed by atoms with van der Waals surface area (Å²) in [5, 5.41) is 0. The van der Waals surface area contributed by atoms with Crippen molar-refractivity contribution < 1.29 is 18.5 Å². The molecule has 0 spiro atoms. The zero-order valence-electron chi connectivity index (χ0n) is 13.4. The highest BCUT2D eigenvalue weighted by atomic mass is 31.2. The average molecular weight is 306 g/mol. The Bertz CT molecular complexity index is 316. The van der Waals surface area contributed by atoms with Crippen LogP contribution in [0.4, 0.5) is 0 Å². The van der Waals surface area contributed by atoms with Gasteiger partial charge in [0.25, 0.3) is 0 Å². The highest BCUT2D eigenvalue weighted by molar-refractivity contribution is 7.47. The van der Waals surface area contributed by atoms with Crippen molar-refractivity contribution in [3.63, 3.8) is 0 Å². The van der Waals surface area contributed by atoms with E-state index in [1.165, 1.54) is 32.1 Å². The minimum absolute atomic E-state index is 0.138. The topological polar surface area (TPSA) is 55.8 Å². The van der Waals surface area contributed by atoms with Crippen LogP contribution in [0.2, 0.25) is 0 Å². The molecule has 0 aliphatic carbocycles. The van der Waals surface area contributed by atoms with E-state index in [0.29, 0.717) is 0 Å². The molecule has 2 atom stereocenters. The average Bonchev–Trinajstić information content (AvgIpc) is 2.35. The monoisotopic (exact) mass is 306 g/mol. The first-order valence-corrected chi connectivity index (χ1v) is 9.57. The molecule has 1 heterocycles. The standard InChI is InChI=1S/C15H31O4P/c1-5-7-8-9-10-11-12-15(6-2)13(3)18-20(16,17)19-14(15)4/h13-14H,5-12H2,1-4H3,(H,16,17). The molecule has 1 N–H and O–H groups in total. The predicted octanol–water partition coefficient (Wildman–Crippen LogP) is 5.06. The zero-order valence-corrected chi connectivity index (χ0v) is 14.3. The van der Waals surface area contributed by atoms with E-state index in [2.05, 4.69) is 13.8 Å². The summed E-state index contributed by atoms with van der Waals surface area (Å²) in [6.07, 6.45) is 8.95. The maximum absolute atomic E-state index is 11.6. The molecule has 2 unspecified atom stereocenters. The largest absolute Gasteiger partial charge is 0.472 e. The summed E-state index contributed by atoms with van der Waals surface area (Å²) in [5.74, 6) is 0. The molecular weight excluding hydrogens is 275 g/mol. The Morgan fingerprint density at radius 1 is 1.00 bits per heavy atom. The van der Waals surface area contributed by atoms with Crippen LogP contribution in [-0.2, 0) is 13.6 Å². The van der Waals surface area contributed by atoms with Crippen molar-refractivity contribution in [3.05, 3.63) is 0 Å². The van der Waals surface area contributed by atoms with Crippen LogP contribution in [0.1, 0.15) is 79.1 Å². The van der Waals surface area contributed by atoms with Gasteiger partial charge in [0.05, 0.1) is 12.2 Å². The van der Waals surface area contributed by atoms with Crippen LogP contribution in [-0.4, -0.2) is 17.1 Å². The molecule has 0 saturated carbocycles. The number of hydrogen-bond donors (Lipinski definition) is 1. The molecule has 0 bridgehead atoms. The first-order chi connectivity index (χ1) is 9.38. The van der Waals surface area contributed by atoms with Crippen molar-refractivity contribution in [1.29, 1.82) is 0 Å². The fourth-order valence-electron chi connectivity index (χ4n) is 3.36. The third kappa shape index (κ3) is 4.56. The van der Waals surface area contributed by atoms with Gasteiger partial charge in [0.15, 0.2) is 0 Å². The SMILES string of the molecule is CCCCCCCCC1(CC)C(C)OP(=O)(O)OC1C. The van der Waals surface area contributed by atoms with Gasteiger partial charge in [0, 0.05) is 5.41 Å². The van der Waals surface area contributed by atoms with E-state index in [4.69, 9.17) is 9.05 Å². The van der Waals surface area contributed by atoms with Gasteiger partial charge in [-0.25, -0.2) is 4.57 Å². The molecule has 0 aromatic heterocycles. The van der Waals surface area contributed by atoms with Gasteiger partial charge in [-0.15, -0.1) is 0 Å². The van der Waals surface area contributed by atoms with Gasteiger partial charge in [0.2, 0.25) is 0 Å². The van der Waals surface area contributed by atoms with E-state index < -0.39 is 7.82 Å². The van der Waals surface area contributed by atoms with Crippen molar-refractivity contribution in [3.8, 4) is 0 Å². The number of phosphoric ester groups is 1. The van der Waals surface area contributed by atoms with Crippen LogP contribution in [0.25, 0.3) is 0 Å². The van der Waals surface area contributed by atoms with E-state index in [1.54, 1.807) is 0 Å². The van der Waals surface area contributed by atoms with Crippen LogP contribution < -0.4 is 0 Å².